The van der Waals surface area contributed by atoms with Crippen molar-refractivity contribution in [3.8, 4) is 0 Å². The number of nitrogens with zero attached hydrogens (tertiary/aromatic N) is 2. The van der Waals surface area contributed by atoms with Crippen molar-refractivity contribution in [3.63, 3.8) is 0 Å². The van der Waals surface area contributed by atoms with Gasteiger partial charge in [-0.3, -0.25) is 19.3 Å². The molecule has 1 aromatic carbocycles. The first-order valence-electron chi connectivity index (χ1n) is 9.58. The number of amides is 3. The number of carbonyl (C=O) groups is 3. The highest BCUT2D eigenvalue weighted by atomic mass is 32.2. The van der Waals surface area contributed by atoms with Crippen molar-refractivity contribution in [1.29, 1.82) is 0 Å². The summed E-state index contributed by atoms with van der Waals surface area (Å²) in [5, 5.41) is 6.21. The van der Waals surface area contributed by atoms with Crippen molar-refractivity contribution in [2.45, 2.75) is 45.1 Å². The molecule has 0 atom stereocenters. The van der Waals surface area contributed by atoms with E-state index in [-0.39, 0.29) is 46.1 Å². The van der Waals surface area contributed by atoms with Gasteiger partial charge in [-0.1, -0.05) is 5.16 Å². The summed E-state index contributed by atoms with van der Waals surface area (Å²) in [6, 6.07) is 4.29. The summed E-state index contributed by atoms with van der Waals surface area (Å²) >= 11 is 0. The van der Waals surface area contributed by atoms with Gasteiger partial charge in [0.05, 0.1) is 11.1 Å². The van der Waals surface area contributed by atoms with Gasteiger partial charge in [-0.25, -0.2) is 13.1 Å². The lowest BCUT2D eigenvalue weighted by atomic mass is 10.1. The van der Waals surface area contributed by atoms with E-state index in [1.807, 2.05) is 0 Å². The van der Waals surface area contributed by atoms with Crippen LogP contribution in [0.4, 0.5) is 0 Å². The zero-order chi connectivity index (χ0) is 23.1. The van der Waals surface area contributed by atoms with Gasteiger partial charge < -0.3 is 9.84 Å². The second-order valence-electron chi connectivity index (χ2n) is 8.18. The van der Waals surface area contributed by atoms with Gasteiger partial charge in [-0.05, 0) is 52.8 Å². The monoisotopic (exact) mass is 448 g/mol. The standard InChI is InChI=1S/C20H24N4O6S/c1-11-16(12(2)30-23-11)31(28,29)22-9-8-21-17(25)13-6-7-14-15(10-13)19(27)24(18(14)26)20(3,4)5/h6-7,10,22H,8-9H2,1-5H3,(H,21,25). The molecule has 0 bridgehead atoms. The SMILES string of the molecule is Cc1noc(C)c1S(=O)(=O)NCCNC(=O)c1ccc2c(c1)C(=O)N(C(C)(C)C)C2=O. The first-order valence-corrected chi connectivity index (χ1v) is 11.1. The molecule has 0 aliphatic carbocycles. The van der Waals surface area contributed by atoms with Gasteiger partial charge in [0.15, 0.2) is 5.76 Å². The van der Waals surface area contributed by atoms with Crippen LogP contribution in [0.15, 0.2) is 27.6 Å². The molecular weight excluding hydrogens is 424 g/mol. The van der Waals surface area contributed by atoms with Gasteiger partial charge in [0.25, 0.3) is 17.7 Å². The Bertz CT molecular complexity index is 1160. The Morgan fingerprint density at radius 1 is 1.10 bits per heavy atom. The van der Waals surface area contributed by atoms with E-state index in [1.165, 1.54) is 36.9 Å². The van der Waals surface area contributed by atoms with Crippen molar-refractivity contribution in [2.24, 2.45) is 0 Å². The molecule has 166 valence electrons. The fraction of sp³-hybridized carbons (Fsp3) is 0.400. The largest absolute Gasteiger partial charge is 0.360 e. The van der Waals surface area contributed by atoms with Gasteiger partial charge in [-0.2, -0.15) is 0 Å². The van der Waals surface area contributed by atoms with Crippen LogP contribution in [0.5, 0.6) is 0 Å². The Labute approximate surface area is 180 Å². The fourth-order valence-corrected chi connectivity index (χ4v) is 4.74. The predicted molar refractivity (Wildman–Crippen MR) is 110 cm³/mol. The number of aryl methyl sites for hydroxylation is 2. The summed E-state index contributed by atoms with van der Waals surface area (Å²) in [6.07, 6.45) is 0. The van der Waals surface area contributed by atoms with Crippen molar-refractivity contribution in [2.75, 3.05) is 13.1 Å². The Morgan fingerprint density at radius 2 is 1.74 bits per heavy atom. The van der Waals surface area contributed by atoms with E-state index < -0.39 is 33.3 Å². The molecule has 2 heterocycles. The highest BCUT2D eigenvalue weighted by Crippen LogP contribution is 2.29. The molecule has 0 unspecified atom stereocenters. The van der Waals surface area contributed by atoms with Gasteiger partial charge >= 0.3 is 0 Å². The number of rotatable bonds is 6. The van der Waals surface area contributed by atoms with E-state index in [2.05, 4.69) is 15.2 Å². The predicted octanol–water partition coefficient (Wildman–Crippen LogP) is 1.39. The summed E-state index contributed by atoms with van der Waals surface area (Å²) in [4.78, 5) is 38.8. The molecule has 0 fully saturated rings. The van der Waals surface area contributed by atoms with Gasteiger partial charge in [0, 0.05) is 24.2 Å². The maximum absolute atomic E-state index is 12.7. The maximum Gasteiger partial charge on any atom is 0.262 e. The second kappa shape index (κ2) is 7.89. The highest BCUT2D eigenvalue weighted by molar-refractivity contribution is 7.89. The number of hydrogen-bond donors (Lipinski definition) is 2. The zero-order valence-corrected chi connectivity index (χ0v) is 18.7. The molecular formula is C20H24N4O6S. The first kappa shape index (κ1) is 22.6. The van der Waals surface area contributed by atoms with Gasteiger partial charge in [0.1, 0.15) is 10.6 Å². The Morgan fingerprint density at radius 3 is 2.32 bits per heavy atom. The number of benzene rings is 1. The van der Waals surface area contributed by atoms with Crippen LogP contribution >= 0.6 is 0 Å². The lowest BCUT2D eigenvalue weighted by Gasteiger charge is -2.29. The molecule has 0 saturated carbocycles. The second-order valence-corrected chi connectivity index (χ2v) is 9.89. The normalized spacial score (nSPS) is 14.2. The van der Waals surface area contributed by atoms with E-state index in [4.69, 9.17) is 4.52 Å². The van der Waals surface area contributed by atoms with Crippen LogP contribution in [0.3, 0.4) is 0 Å². The van der Waals surface area contributed by atoms with Crippen molar-refractivity contribution in [1.82, 2.24) is 20.1 Å². The molecule has 3 rings (SSSR count). The van der Waals surface area contributed by atoms with Crippen LogP contribution in [0, 0.1) is 13.8 Å². The molecule has 1 aliphatic rings. The number of nitrogens with one attached hydrogen (secondary N) is 2. The number of hydrogen-bond acceptors (Lipinski definition) is 7. The molecule has 0 radical (unpaired) electrons. The molecule has 1 aliphatic heterocycles. The molecule has 31 heavy (non-hydrogen) atoms. The quantitative estimate of drug-likeness (QED) is 0.503. The molecule has 3 amide bonds. The van der Waals surface area contributed by atoms with Crippen molar-refractivity contribution >= 4 is 27.7 Å². The third kappa shape index (κ3) is 4.23. The maximum atomic E-state index is 12.7. The summed E-state index contributed by atoms with van der Waals surface area (Å²) < 4.78 is 32.0. The molecule has 1 aromatic heterocycles. The fourth-order valence-electron chi connectivity index (χ4n) is 3.39. The Hall–Kier alpha value is -3.05. The number of aromatic nitrogens is 1. The number of sulfonamides is 1. The minimum atomic E-state index is -3.83. The van der Waals surface area contributed by atoms with Crippen LogP contribution < -0.4 is 10.0 Å². The summed E-state index contributed by atoms with van der Waals surface area (Å²) in [5.41, 5.74) is 0.184. The van der Waals surface area contributed by atoms with E-state index in [0.29, 0.717) is 0 Å². The number of fused-ring (bicyclic) bond motifs is 1. The minimum Gasteiger partial charge on any atom is -0.360 e. The van der Waals surface area contributed by atoms with Crippen LogP contribution in [-0.4, -0.2) is 54.8 Å². The third-order valence-corrected chi connectivity index (χ3v) is 6.46. The van der Waals surface area contributed by atoms with E-state index in [0.717, 1.165) is 0 Å². The van der Waals surface area contributed by atoms with Crippen LogP contribution in [0.25, 0.3) is 0 Å². The zero-order valence-electron chi connectivity index (χ0n) is 17.9. The molecule has 10 nitrogen and oxygen atoms in total. The van der Waals surface area contributed by atoms with Crippen molar-refractivity contribution in [3.05, 3.63) is 46.3 Å². The smallest absolute Gasteiger partial charge is 0.262 e. The van der Waals surface area contributed by atoms with E-state index in [1.54, 1.807) is 20.8 Å². The molecule has 0 saturated heterocycles. The van der Waals surface area contributed by atoms with Crippen LogP contribution in [-0.2, 0) is 10.0 Å². The van der Waals surface area contributed by atoms with Gasteiger partial charge in [-0.15, -0.1) is 0 Å². The van der Waals surface area contributed by atoms with Gasteiger partial charge in [0.2, 0.25) is 10.0 Å². The molecule has 2 N–H and O–H groups in total. The summed E-state index contributed by atoms with van der Waals surface area (Å²) in [6.45, 7) is 8.24. The molecule has 2 aromatic rings. The number of imide groups is 1. The third-order valence-electron chi connectivity index (χ3n) is 4.76. The minimum absolute atomic E-state index is 0.0134. The average molecular weight is 449 g/mol. The lowest BCUT2D eigenvalue weighted by Crippen LogP contribution is -2.45. The highest BCUT2D eigenvalue weighted by Gasteiger charge is 2.42. The topological polar surface area (TPSA) is 139 Å². The van der Waals surface area contributed by atoms with Crippen molar-refractivity contribution < 1.29 is 27.3 Å². The Balaban J connectivity index is 1.64. The van der Waals surface area contributed by atoms with Crippen LogP contribution in [0.1, 0.15) is 63.3 Å². The van der Waals surface area contributed by atoms with E-state index >= 15 is 0 Å². The average Bonchev–Trinajstić information content (AvgIpc) is 3.14. The number of carbonyl (C=O) groups excluding carboxylic acids is 3. The lowest BCUT2D eigenvalue weighted by molar-refractivity contribution is 0.0507. The van der Waals surface area contributed by atoms with E-state index in [9.17, 15) is 22.8 Å². The molecule has 0 spiro atoms. The summed E-state index contributed by atoms with van der Waals surface area (Å²) in [5.74, 6) is -1.16. The molecule has 11 heteroatoms. The summed E-state index contributed by atoms with van der Waals surface area (Å²) in [7, 11) is -3.83. The first-order chi connectivity index (χ1) is 14.3. The Kier molecular flexibility index (Phi) is 5.76. The van der Waals surface area contributed by atoms with Crippen LogP contribution in [0.2, 0.25) is 0 Å².